The molecule has 0 saturated carbocycles. The number of rotatable bonds is 3. The van der Waals surface area contributed by atoms with Gasteiger partial charge in [-0.05, 0) is 30.8 Å². The van der Waals surface area contributed by atoms with Gasteiger partial charge >= 0.3 is 6.18 Å². The standard InChI is InChI=1S/C15H13F4N/c1-20-14(10-5-3-2-4-6-10)12-9-11(15(17,18)19)7-8-13(12)16/h2-9,14,20H,1H3. The minimum atomic E-state index is -4.49. The number of benzene rings is 2. The fourth-order valence-electron chi connectivity index (χ4n) is 2.09. The fraction of sp³-hybridized carbons (Fsp3) is 0.200. The molecule has 1 nitrogen and oxygen atoms in total. The number of halogens is 4. The van der Waals surface area contributed by atoms with E-state index >= 15 is 0 Å². The van der Waals surface area contributed by atoms with Gasteiger partial charge in [-0.2, -0.15) is 13.2 Å². The van der Waals surface area contributed by atoms with Crippen molar-refractivity contribution < 1.29 is 17.6 Å². The van der Waals surface area contributed by atoms with Crippen molar-refractivity contribution in [1.29, 1.82) is 0 Å². The number of hydrogen-bond donors (Lipinski definition) is 1. The molecule has 0 spiro atoms. The van der Waals surface area contributed by atoms with Crippen molar-refractivity contribution >= 4 is 0 Å². The number of hydrogen-bond acceptors (Lipinski definition) is 1. The van der Waals surface area contributed by atoms with Crippen molar-refractivity contribution in [2.45, 2.75) is 12.2 Å². The van der Waals surface area contributed by atoms with E-state index in [-0.39, 0.29) is 5.56 Å². The highest BCUT2D eigenvalue weighted by Gasteiger charge is 2.32. The molecule has 0 heterocycles. The second-order valence-electron chi connectivity index (χ2n) is 4.37. The molecule has 0 saturated heterocycles. The maximum Gasteiger partial charge on any atom is 0.416 e. The summed E-state index contributed by atoms with van der Waals surface area (Å²) in [6.07, 6.45) is -4.49. The smallest absolute Gasteiger partial charge is 0.309 e. The second-order valence-corrected chi connectivity index (χ2v) is 4.37. The van der Waals surface area contributed by atoms with Crippen LogP contribution in [0.15, 0.2) is 48.5 Å². The predicted octanol–water partition coefficient (Wildman–Crippen LogP) is 4.15. The zero-order chi connectivity index (χ0) is 14.8. The third-order valence-electron chi connectivity index (χ3n) is 3.06. The summed E-state index contributed by atoms with van der Waals surface area (Å²) in [5.74, 6) is -0.666. The highest BCUT2D eigenvalue weighted by Crippen LogP contribution is 2.33. The topological polar surface area (TPSA) is 12.0 Å². The molecule has 1 N–H and O–H groups in total. The lowest BCUT2D eigenvalue weighted by Gasteiger charge is -2.19. The lowest BCUT2D eigenvalue weighted by atomic mass is 9.96. The van der Waals surface area contributed by atoms with Gasteiger partial charge in [0.1, 0.15) is 5.82 Å². The SMILES string of the molecule is CNC(c1ccccc1)c1cc(C(F)(F)F)ccc1F. The third-order valence-corrected chi connectivity index (χ3v) is 3.06. The van der Waals surface area contributed by atoms with Gasteiger partial charge in [0.2, 0.25) is 0 Å². The van der Waals surface area contributed by atoms with Gasteiger partial charge < -0.3 is 5.32 Å². The maximum atomic E-state index is 13.9. The summed E-state index contributed by atoms with van der Waals surface area (Å²) in [5, 5.41) is 2.85. The van der Waals surface area contributed by atoms with Crippen LogP contribution in [0.5, 0.6) is 0 Å². The van der Waals surface area contributed by atoms with Crippen molar-refractivity contribution in [3.05, 3.63) is 71.0 Å². The minimum absolute atomic E-state index is 0.0199. The monoisotopic (exact) mass is 283 g/mol. The van der Waals surface area contributed by atoms with Crippen molar-refractivity contribution in [1.82, 2.24) is 5.32 Å². The Kier molecular flexibility index (Phi) is 4.09. The Labute approximate surface area is 114 Å². The van der Waals surface area contributed by atoms with Crippen LogP contribution in [0.3, 0.4) is 0 Å². The van der Waals surface area contributed by atoms with E-state index in [1.54, 1.807) is 37.4 Å². The molecule has 0 aliphatic rings. The molecule has 106 valence electrons. The molecular formula is C15H13F4N. The molecule has 0 aromatic heterocycles. The molecule has 0 amide bonds. The van der Waals surface area contributed by atoms with Crippen molar-refractivity contribution in [3.63, 3.8) is 0 Å². The minimum Gasteiger partial charge on any atom is -0.309 e. The molecule has 0 aliphatic heterocycles. The summed E-state index contributed by atoms with van der Waals surface area (Å²) >= 11 is 0. The molecule has 2 aromatic carbocycles. The Morgan fingerprint density at radius 1 is 1.00 bits per heavy atom. The van der Waals surface area contributed by atoms with E-state index in [4.69, 9.17) is 0 Å². The van der Waals surface area contributed by atoms with Gasteiger partial charge in [0.05, 0.1) is 11.6 Å². The molecule has 0 bridgehead atoms. The Morgan fingerprint density at radius 2 is 1.65 bits per heavy atom. The fourth-order valence-corrected chi connectivity index (χ4v) is 2.09. The predicted molar refractivity (Wildman–Crippen MR) is 68.7 cm³/mol. The maximum absolute atomic E-state index is 13.9. The Morgan fingerprint density at radius 3 is 2.20 bits per heavy atom. The van der Waals surface area contributed by atoms with Gasteiger partial charge in [0.25, 0.3) is 0 Å². The Balaban J connectivity index is 2.50. The van der Waals surface area contributed by atoms with Gasteiger partial charge in [0, 0.05) is 5.56 Å². The van der Waals surface area contributed by atoms with Crippen LogP contribution in [0.4, 0.5) is 17.6 Å². The number of alkyl halides is 3. The summed E-state index contributed by atoms with van der Waals surface area (Å²) in [5.41, 5.74) is -0.174. The van der Waals surface area contributed by atoms with Gasteiger partial charge in [-0.25, -0.2) is 4.39 Å². The summed E-state index contributed by atoms with van der Waals surface area (Å²) < 4.78 is 52.1. The average Bonchev–Trinajstić information content (AvgIpc) is 2.41. The van der Waals surface area contributed by atoms with Crippen LogP contribution in [0, 0.1) is 5.82 Å². The van der Waals surface area contributed by atoms with E-state index in [0.717, 1.165) is 18.2 Å². The highest BCUT2D eigenvalue weighted by molar-refractivity contribution is 5.36. The van der Waals surface area contributed by atoms with Crippen LogP contribution in [-0.2, 0) is 6.18 Å². The normalized spacial score (nSPS) is 13.2. The summed E-state index contributed by atoms with van der Waals surface area (Å²) in [6, 6.07) is 10.6. The Bertz CT molecular complexity index is 578. The molecule has 20 heavy (non-hydrogen) atoms. The first kappa shape index (κ1) is 14.5. The lowest BCUT2D eigenvalue weighted by molar-refractivity contribution is -0.137. The summed E-state index contributed by atoms with van der Waals surface area (Å²) in [4.78, 5) is 0. The van der Waals surface area contributed by atoms with Crippen molar-refractivity contribution in [2.75, 3.05) is 7.05 Å². The molecule has 2 aromatic rings. The van der Waals surface area contributed by atoms with Crippen molar-refractivity contribution in [2.24, 2.45) is 0 Å². The van der Waals surface area contributed by atoms with Gasteiger partial charge in [0.15, 0.2) is 0 Å². The molecular weight excluding hydrogens is 270 g/mol. The molecule has 0 radical (unpaired) electrons. The van der Waals surface area contributed by atoms with E-state index in [1.165, 1.54) is 0 Å². The molecule has 2 rings (SSSR count). The van der Waals surface area contributed by atoms with Crippen LogP contribution < -0.4 is 5.32 Å². The molecule has 1 unspecified atom stereocenters. The first-order valence-corrected chi connectivity index (χ1v) is 6.02. The van der Waals surface area contributed by atoms with E-state index < -0.39 is 23.6 Å². The van der Waals surface area contributed by atoms with Crippen LogP contribution in [0.2, 0.25) is 0 Å². The average molecular weight is 283 g/mol. The summed E-state index contributed by atoms with van der Waals surface area (Å²) in [7, 11) is 1.58. The lowest BCUT2D eigenvalue weighted by Crippen LogP contribution is -2.20. The molecule has 0 aliphatic carbocycles. The van der Waals surface area contributed by atoms with Crippen molar-refractivity contribution in [3.8, 4) is 0 Å². The van der Waals surface area contributed by atoms with E-state index in [9.17, 15) is 17.6 Å². The zero-order valence-electron chi connectivity index (χ0n) is 10.7. The molecule has 1 atom stereocenters. The van der Waals surface area contributed by atoms with Gasteiger partial charge in [-0.15, -0.1) is 0 Å². The third kappa shape index (κ3) is 2.99. The first-order chi connectivity index (χ1) is 9.43. The van der Waals surface area contributed by atoms with E-state index in [2.05, 4.69) is 5.32 Å². The largest absolute Gasteiger partial charge is 0.416 e. The van der Waals surface area contributed by atoms with Gasteiger partial charge in [-0.3, -0.25) is 0 Å². The zero-order valence-corrected chi connectivity index (χ0v) is 10.7. The summed E-state index contributed by atoms with van der Waals surface area (Å²) in [6.45, 7) is 0. The van der Waals surface area contributed by atoms with Crippen LogP contribution in [0.1, 0.15) is 22.7 Å². The van der Waals surface area contributed by atoms with E-state index in [0.29, 0.717) is 5.56 Å². The van der Waals surface area contributed by atoms with Crippen LogP contribution in [-0.4, -0.2) is 7.05 Å². The number of nitrogens with one attached hydrogen (secondary N) is 1. The van der Waals surface area contributed by atoms with Crippen LogP contribution in [0.25, 0.3) is 0 Å². The molecule has 5 heteroatoms. The van der Waals surface area contributed by atoms with E-state index in [1.807, 2.05) is 0 Å². The quantitative estimate of drug-likeness (QED) is 0.834. The van der Waals surface area contributed by atoms with Crippen LogP contribution >= 0.6 is 0 Å². The first-order valence-electron chi connectivity index (χ1n) is 6.02. The Hall–Kier alpha value is -1.88. The van der Waals surface area contributed by atoms with Gasteiger partial charge in [-0.1, -0.05) is 30.3 Å². The molecule has 0 fully saturated rings. The highest BCUT2D eigenvalue weighted by atomic mass is 19.4. The second kappa shape index (κ2) is 5.63.